The monoisotopic (exact) mass is 388 g/mol. The Morgan fingerprint density at radius 2 is 2.12 bits per heavy atom. The zero-order chi connectivity index (χ0) is 17.9. The predicted molar refractivity (Wildman–Crippen MR) is 106 cm³/mol. The molecule has 2 aromatic heterocycles. The maximum absolute atomic E-state index is 12.4. The van der Waals surface area contributed by atoms with Crippen LogP contribution in [0.15, 0.2) is 36.0 Å². The number of aryl methyl sites for hydroxylation is 1. The third kappa shape index (κ3) is 3.92. The molecule has 0 bridgehead atoms. The van der Waals surface area contributed by atoms with Gasteiger partial charge in [0, 0.05) is 79.3 Å². The van der Waals surface area contributed by atoms with Crippen LogP contribution in [0.1, 0.15) is 17.0 Å². The molecule has 1 N–H and O–H groups in total. The van der Waals surface area contributed by atoms with E-state index in [1.54, 1.807) is 17.5 Å². The molecule has 1 saturated heterocycles. The average molecular weight is 389 g/mol. The topological polar surface area (TPSA) is 52.2 Å². The SMILES string of the molecule is O=C(CCc1nccs1)N1CCN(Cc2c[nH]c3ccc(Cl)cc23)CC1. The molecule has 1 aromatic carbocycles. The lowest BCUT2D eigenvalue weighted by Crippen LogP contribution is -2.48. The van der Waals surface area contributed by atoms with E-state index in [0.29, 0.717) is 6.42 Å². The Morgan fingerprint density at radius 3 is 2.88 bits per heavy atom. The van der Waals surface area contributed by atoms with Crippen molar-refractivity contribution in [3.63, 3.8) is 0 Å². The van der Waals surface area contributed by atoms with Crippen LogP contribution in [-0.4, -0.2) is 51.9 Å². The number of amides is 1. The van der Waals surface area contributed by atoms with E-state index in [4.69, 9.17) is 11.6 Å². The van der Waals surface area contributed by atoms with Crippen LogP contribution >= 0.6 is 22.9 Å². The second-order valence-electron chi connectivity index (χ2n) is 6.59. The number of rotatable bonds is 5. The van der Waals surface area contributed by atoms with E-state index in [1.807, 2.05) is 28.5 Å². The highest BCUT2D eigenvalue weighted by molar-refractivity contribution is 7.09. The Morgan fingerprint density at radius 1 is 1.27 bits per heavy atom. The van der Waals surface area contributed by atoms with Gasteiger partial charge in [0.05, 0.1) is 5.01 Å². The highest BCUT2D eigenvalue weighted by Gasteiger charge is 2.21. The van der Waals surface area contributed by atoms with Gasteiger partial charge in [-0.1, -0.05) is 11.6 Å². The highest BCUT2D eigenvalue weighted by atomic mass is 35.5. The Kier molecular flexibility index (Phi) is 5.24. The van der Waals surface area contributed by atoms with Crippen molar-refractivity contribution in [1.29, 1.82) is 0 Å². The van der Waals surface area contributed by atoms with E-state index in [9.17, 15) is 4.79 Å². The fraction of sp³-hybridized carbons (Fsp3) is 0.368. The molecule has 1 aliphatic heterocycles. The van der Waals surface area contributed by atoms with E-state index < -0.39 is 0 Å². The van der Waals surface area contributed by atoms with Crippen LogP contribution in [0.25, 0.3) is 10.9 Å². The quantitative estimate of drug-likeness (QED) is 0.727. The third-order valence-electron chi connectivity index (χ3n) is 4.88. The van der Waals surface area contributed by atoms with Gasteiger partial charge in [-0.25, -0.2) is 4.98 Å². The van der Waals surface area contributed by atoms with Gasteiger partial charge in [-0.05, 0) is 23.8 Å². The molecule has 1 aliphatic rings. The minimum atomic E-state index is 0.235. The number of nitrogens with zero attached hydrogens (tertiary/aromatic N) is 3. The third-order valence-corrected chi connectivity index (χ3v) is 5.96. The lowest BCUT2D eigenvalue weighted by Gasteiger charge is -2.34. The summed E-state index contributed by atoms with van der Waals surface area (Å²) >= 11 is 7.75. The number of aromatic amines is 1. The van der Waals surface area contributed by atoms with Gasteiger partial charge < -0.3 is 9.88 Å². The Bertz CT molecular complexity index is 884. The van der Waals surface area contributed by atoms with Gasteiger partial charge in [-0.2, -0.15) is 0 Å². The number of H-pyrrole nitrogens is 1. The maximum atomic E-state index is 12.4. The first-order valence-electron chi connectivity index (χ1n) is 8.83. The van der Waals surface area contributed by atoms with Crippen LogP contribution in [0.2, 0.25) is 5.02 Å². The van der Waals surface area contributed by atoms with Crippen LogP contribution in [0.5, 0.6) is 0 Å². The molecule has 136 valence electrons. The number of halogens is 1. The van der Waals surface area contributed by atoms with Crippen molar-refractivity contribution in [2.45, 2.75) is 19.4 Å². The van der Waals surface area contributed by atoms with Crippen molar-refractivity contribution >= 4 is 39.7 Å². The van der Waals surface area contributed by atoms with Crippen molar-refractivity contribution in [3.05, 3.63) is 51.6 Å². The predicted octanol–water partition coefficient (Wildman–Crippen LogP) is 3.55. The van der Waals surface area contributed by atoms with Crippen molar-refractivity contribution in [2.75, 3.05) is 26.2 Å². The number of hydrogen-bond acceptors (Lipinski definition) is 4. The molecular formula is C19H21ClN4OS. The van der Waals surface area contributed by atoms with Gasteiger partial charge in [0.25, 0.3) is 0 Å². The van der Waals surface area contributed by atoms with Crippen molar-refractivity contribution < 1.29 is 4.79 Å². The molecule has 3 aromatic rings. The van der Waals surface area contributed by atoms with Gasteiger partial charge in [-0.3, -0.25) is 9.69 Å². The Hall–Kier alpha value is -1.89. The second kappa shape index (κ2) is 7.78. The number of nitrogens with one attached hydrogen (secondary N) is 1. The molecule has 7 heteroatoms. The number of carbonyl (C=O) groups is 1. The molecule has 1 fully saturated rings. The van der Waals surface area contributed by atoms with Crippen molar-refractivity contribution in [2.24, 2.45) is 0 Å². The molecule has 0 atom stereocenters. The number of fused-ring (bicyclic) bond motifs is 1. The number of thiazole rings is 1. The Labute approximate surface area is 161 Å². The standard InChI is InChI=1S/C19H21ClN4OS/c20-15-1-2-17-16(11-15)14(12-22-17)13-23-6-8-24(9-7-23)19(25)4-3-18-21-5-10-26-18/h1-2,5,10-12,22H,3-4,6-9,13H2. The van der Waals surface area contributed by atoms with Crippen molar-refractivity contribution in [3.8, 4) is 0 Å². The van der Waals surface area contributed by atoms with Crippen LogP contribution in [0.3, 0.4) is 0 Å². The number of carbonyl (C=O) groups excluding carboxylic acids is 1. The van der Waals surface area contributed by atoms with E-state index in [0.717, 1.165) is 54.7 Å². The summed E-state index contributed by atoms with van der Waals surface area (Å²) in [5, 5.41) is 4.93. The molecule has 5 nitrogen and oxygen atoms in total. The fourth-order valence-electron chi connectivity index (χ4n) is 3.43. The van der Waals surface area contributed by atoms with Crippen LogP contribution in [0.4, 0.5) is 0 Å². The normalized spacial score (nSPS) is 15.7. The minimum absolute atomic E-state index is 0.235. The van der Waals surface area contributed by atoms with Crippen LogP contribution in [0, 0.1) is 0 Å². The van der Waals surface area contributed by atoms with Crippen LogP contribution in [-0.2, 0) is 17.8 Å². The zero-order valence-corrected chi connectivity index (χ0v) is 16.0. The number of piperazine rings is 1. The molecule has 0 unspecified atom stereocenters. The van der Waals surface area contributed by atoms with Gasteiger partial charge in [0.2, 0.25) is 5.91 Å². The minimum Gasteiger partial charge on any atom is -0.361 e. The summed E-state index contributed by atoms with van der Waals surface area (Å²) in [5.74, 6) is 0.235. The molecule has 1 amide bonds. The summed E-state index contributed by atoms with van der Waals surface area (Å²) < 4.78 is 0. The van der Waals surface area contributed by atoms with Gasteiger partial charge in [0.1, 0.15) is 0 Å². The lowest BCUT2D eigenvalue weighted by molar-refractivity contribution is -0.133. The molecule has 0 radical (unpaired) electrons. The summed E-state index contributed by atoms with van der Waals surface area (Å²) in [6.45, 7) is 4.26. The lowest BCUT2D eigenvalue weighted by atomic mass is 10.1. The maximum Gasteiger partial charge on any atom is 0.223 e. The number of hydrogen-bond donors (Lipinski definition) is 1. The molecule has 26 heavy (non-hydrogen) atoms. The zero-order valence-electron chi connectivity index (χ0n) is 14.4. The highest BCUT2D eigenvalue weighted by Crippen LogP contribution is 2.24. The summed E-state index contributed by atoms with van der Waals surface area (Å²) in [4.78, 5) is 24.3. The van der Waals surface area contributed by atoms with Gasteiger partial charge in [-0.15, -0.1) is 11.3 Å². The molecular weight excluding hydrogens is 368 g/mol. The van der Waals surface area contributed by atoms with E-state index in [-0.39, 0.29) is 5.91 Å². The molecule has 0 saturated carbocycles. The van der Waals surface area contributed by atoms with E-state index >= 15 is 0 Å². The summed E-state index contributed by atoms with van der Waals surface area (Å²) in [6, 6.07) is 5.93. The fourth-order valence-corrected chi connectivity index (χ4v) is 4.22. The number of aromatic nitrogens is 2. The molecule has 0 aliphatic carbocycles. The first-order valence-corrected chi connectivity index (χ1v) is 10.1. The first kappa shape index (κ1) is 17.5. The van der Waals surface area contributed by atoms with E-state index in [2.05, 4.69) is 21.1 Å². The summed E-state index contributed by atoms with van der Waals surface area (Å²) in [6.07, 6.45) is 5.15. The molecule has 4 rings (SSSR count). The molecule has 3 heterocycles. The van der Waals surface area contributed by atoms with E-state index in [1.165, 1.54) is 10.9 Å². The van der Waals surface area contributed by atoms with Gasteiger partial charge >= 0.3 is 0 Å². The summed E-state index contributed by atoms with van der Waals surface area (Å²) in [5.41, 5.74) is 2.37. The first-order chi connectivity index (χ1) is 12.7. The second-order valence-corrected chi connectivity index (χ2v) is 8.00. The molecule has 0 spiro atoms. The largest absolute Gasteiger partial charge is 0.361 e. The Balaban J connectivity index is 1.30. The van der Waals surface area contributed by atoms with Crippen molar-refractivity contribution in [1.82, 2.24) is 19.8 Å². The van der Waals surface area contributed by atoms with Gasteiger partial charge in [0.15, 0.2) is 0 Å². The average Bonchev–Trinajstić information content (AvgIpc) is 3.30. The smallest absolute Gasteiger partial charge is 0.223 e. The number of benzene rings is 1. The van der Waals surface area contributed by atoms with Crippen LogP contribution < -0.4 is 0 Å². The summed E-state index contributed by atoms with van der Waals surface area (Å²) in [7, 11) is 0.